The van der Waals surface area contributed by atoms with Crippen LogP contribution in [0.2, 0.25) is 0 Å². The standard InChI is InChI=1S/C13H18N2O2/c1-16-12-5-3-2-4-11(12)10-13(14)15-6-8-17-9-7-15/h2-5,14H,6-10H2,1H3. The van der Waals surface area contributed by atoms with Gasteiger partial charge in [0, 0.05) is 25.1 Å². The summed E-state index contributed by atoms with van der Waals surface area (Å²) in [5, 5.41) is 8.11. The van der Waals surface area contributed by atoms with Crippen molar-refractivity contribution in [1.82, 2.24) is 4.90 Å². The van der Waals surface area contributed by atoms with Gasteiger partial charge in [0.2, 0.25) is 0 Å². The number of rotatable bonds is 3. The summed E-state index contributed by atoms with van der Waals surface area (Å²) in [6.45, 7) is 3.06. The van der Waals surface area contributed by atoms with E-state index in [9.17, 15) is 0 Å². The lowest BCUT2D eigenvalue weighted by molar-refractivity contribution is 0.0670. The topological polar surface area (TPSA) is 45.5 Å². The third-order valence-electron chi connectivity index (χ3n) is 2.94. The number of methoxy groups -OCH3 is 1. The van der Waals surface area contributed by atoms with Gasteiger partial charge in [-0.3, -0.25) is 5.41 Å². The highest BCUT2D eigenvalue weighted by atomic mass is 16.5. The van der Waals surface area contributed by atoms with Gasteiger partial charge in [-0.25, -0.2) is 0 Å². The summed E-state index contributed by atoms with van der Waals surface area (Å²) < 4.78 is 10.6. The summed E-state index contributed by atoms with van der Waals surface area (Å²) in [5.41, 5.74) is 1.06. The molecule has 1 saturated heterocycles. The molecular formula is C13H18N2O2. The van der Waals surface area contributed by atoms with Gasteiger partial charge in [-0.15, -0.1) is 0 Å². The van der Waals surface area contributed by atoms with Crippen LogP contribution in [0.25, 0.3) is 0 Å². The minimum Gasteiger partial charge on any atom is -0.496 e. The Morgan fingerprint density at radius 2 is 2.06 bits per heavy atom. The number of amidine groups is 1. The molecule has 0 saturated carbocycles. The Kier molecular flexibility index (Phi) is 3.98. The van der Waals surface area contributed by atoms with Crippen LogP contribution in [0, 0.1) is 5.41 Å². The van der Waals surface area contributed by atoms with Crippen molar-refractivity contribution in [3.05, 3.63) is 29.8 Å². The fraction of sp³-hybridized carbons (Fsp3) is 0.462. The van der Waals surface area contributed by atoms with Crippen LogP contribution in [-0.2, 0) is 11.2 Å². The van der Waals surface area contributed by atoms with Crippen molar-refractivity contribution in [2.24, 2.45) is 0 Å². The van der Waals surface area contributed by atoms with E-state index in [1.165, 1.54) is 0 Å². The monoisotopic (exact) mass is 234 g/mol. The number of ether oxygens (including phenoxy) is 2. The fourth-order valence-electron chi connectivity index (χ4n) is 1.97. The van der Waals surface area contributed by atoms with Gasteiger partial charge in [0.15, 0.2) is 0 Å². The number of hydrogen-bond acceptors (Lipinski definition) is 3. The molecule has 4 nitrogen and oxygen atoms in total. The smallest absolute Gasteiger partial charge is 0.122 e. The molecule has 0 bridgehead atoms. The maximum absolute atomic E-state index is 8.11. The van der Waals surface area contributed by atoms with Crippen LogP contribution in [0.4, 0.5) is 0 Å². The fourth-order valence-corrected chi connectivity index (χ4v) is 1.97. The van der Waals surface area contributed by atoms with E-state index in [0.29, 0.717) is 25.5 Å². The van der Waals surface area contributed by atoms with Gasteiger partial charge in [0.1, 0.15) is 11.6 Å². The molecule has 92 valence electrons. The number of hydrogen-bond donors (Lipinski definition) is 1. The summed E-state index contributed by atoms with van der Waals surface area (Å²) in [6.07, 6.45) is 0.615. The molecule has 1 fully saturated rings. The summed E-state index contributed by atoms with van der Waals surface area (Å²) in [7, 11) is 1.66. The zero-order valence-electron chi connectivity index (χ0n) is 10.1. The van der Waals surface area contributed by atoms with Gasteiger partial charge >= 0.3 is 0 Å². The molecule has 0 spiro atoms. The maximum atomic E-state index is 8.11. The third kappa shape index (κ3) is 2.97. The molecule has 1 heterocycles. The average molecular weight is 234 g/mol. The van der Waals surface area contributed by atoms with Crippen LogP contribution >= 0.6 is 0 Å². The minimum atomic E-state index is 0.615. The molecular weight excluding hydrogens is 216 g/mol. The Labute approximate surface area is 102 Å². The number of para-hydroxylation sites is 1. The quantitative estimate of drug-likeness (QED) is 0.637. The van der Waals surface area contributed by atoms with Crippen molar-refractivity contribution in [2.45, 2.75) is 6.42 Å². The van der Waals surface area contributed by atoms with E-state index in [2.05, 4.69) is 4.90 Å². The van der Waals surface area contributed by atoms with Crippen LogP contribution in [0.3, 0.4) is 0 Å². The predicted molar refractivity (Wildman–Crippen MR) is 66.8 cm³/mol. The molecule has 2 rings (SSSR count). The van der Waals surface area contributed by atoms with Crippen molar-refractivity contribution >= 4 is 5.84 Å². The van der Waals surface area contributed by atoms with Gasteiger partial charge in [0.05, 0.1) is 20.3 Å². The van der Waals surface area contributed by atoms with Gasteiger partial charge in [-0.2, -0.15) is 0 Å². The SMILES string of the molecule is COc1ccccc1CC(=N)N1CCOCC1. The predicted octanol–water partition coefficient (Wildman–Crippen LogP) is 1.55. The molecule has 1 N–H and O–H groups in total. The summed E-state index contributed by atoms with van der Waals surface area (Å²) >= 11 is 0. The molecule has 1 aliphatic heterocycles. The minimum absolute atomic E-state index is 0.615. The van der Waals surface area contributed by atoms with Crippen molar-refractivity contribution < 1.29 is 9.47 Å². The van der Waals surface area contributed by atoms with Crippen LogP contribution in [0.5, 0.6) is 5.75 Å². The average Bonchev–Trinajstić information content (AvgIpc) is 2.40. The summed E-state index contributed by atoms with van der Waals surface area (Å²) in [4.78, 5) is 2.07. The second-order valence-electron chi connectivity index (χ2n) is 4.03. The Morgan fingerprint density at radius 1 is 1.35 bits per heavy atom. The number of morpholine rings is 1. The maximum Gasteiger partial charge on any atom is 0.122 e. The molecule has 1 aliphatic rings. The zero-order chi connectivity index (χ0) is 12.1. The molecule has 0 aliphatic carbocycles. The number of nitrogens with one attached hydrogen (secondary N) is 1. The van der Waals surface area contributed by atoms with Crippen LogP contribution in [-0.4, -0.2) is 44.1 Å². The van der Waals surface area contributed by atoms with Gasteiger partial charge in [-0.1, -0.05) is 18.2 Å². The van der Waals surface area contributed by atoms with Crippen LogP contribution in [0.1, 0.15) is 5.56 Å². The summed E-state index contributed by atoms with van der Waals surface area (Å²) in [6, 6.07) is 7.86. The molecule has 1 aromatic rings. The number of benzene rings is 1. The highest BCUT2D eigenvalue weighted by Gasteiger charge is 2.15. The molecule has 1 aromatic carbocycles. The lowest BCUT2D eigenvalue weighted by atomic mass is 10.1. The van der Waals surface area contributed by atoms with Gasteiger partial charge in [-0.05, 0) is 6.07 Å². The molecule has 0 atom stereocenters. The van der Waals surface area contributed by atoms with Crippen molar-refractivity contribution in [3.8, 4) is 5.75 Å². The van der Waals surface area contributed by atoms with Gasteiger partial charge < -0.3 is 14.4 Å². The Morgan fingerprint density at radius 3 is 2.76 bits per heavy atom. The van der Waals surface area contributed by atoms with Crippen LogP contribution in [0.15, 0.2) is 24.3 Å². The highest BCUT2D eigenvalue weighted by Crippen LogP contribution is 2.18. The first-order valence-electron chi connectivity index (χ1n) is 5.83. The van der Waals surface area contributed by atoms with E-state index >= 15 is 0 Å². The molecule has 17 heavy (non-hydrogen) atoms. The van der Waals surface area contributed by atoms with Crippen molar-refractivity contribution in [3.63, 3.8) is 0 Å². The molecule has 0 amide bonds. The molecule has 4 heteroatoms. The molecule has 0 unspecified atom stereocenters. The van der Waals surface area contributed by atoms with E-state index in [0.717, 1.165) is 24.4 Å². The van der Waals surface area contributed by atoms with Crippen molar-refractivity contribution in [1.29, 1.82) is 5.41 Å². The second-order valence-corrected chi connectivity index (χ2v) is 4.03. The Hall–Kier alpha value is -1.55. The largest absolute Gasteiger partial charge is 0.496 e. The Balaban J connectivity index is 2.01. The molecule has 0 aromatic heterocycles. The van der Waals surface area contributed by atoms with E-state index in [1.54, 1.807) is 7.11 Å². The lowest BCUT2D eigenvalue weighted by Crippen LogP contribution is -2.41. The normalized spacial score (nSPS) is 15.7. The highest BCUT2D eigenvalue weighted by molar-refractivity contribution is 5.82. The first-order valence-corrected chi connectivity index (χ1v) is 5.83. The zero-order valence-corrected chi connectivity index (χ0v) is 10.1. The van der Waals surface area contributed by atoms with E-state index in [1.807, 2.05) is 24.3 Å². The number of nitrogens with zero attached hydrogens (tertiary/aromatic N) is 1. The first kappa shape index (κ1) is 11.9. The van der Waals surface area contributed by atoms with Crippen LogP contribution < -0.4 is 4.74 Å². The lowest BCUT2D eigenvalue weighted by Gasteiger charge is -2.29. The second kappa shape index (κ2) is 5.68. The first-order chi connectivity index (χ1) is 8.31. The van der Waals surface area contributed by atoms with Crippen molar-refractivity contribution in [2.75, 3.05) is 33.4 Å². The van der Waals surface area contributed by atoms with E-state index < -0.39 is 0 Å². The van der Waals surface area contributed by atoms with Gasteiger partial charge in [0.25, 0.3) is 0 Å². The van der Waals surface area contributed by atoms with E-state index in [4.69, 9.17) is 14.9 Å². The Bertz CT molecular complexity index is 387. The van der Waals surface area contributed by atoms with E-state index in [-0.39, 0.29) is 0 Å². The summed E-state index contributed by atoms with van der Waals surface area (Å²) in [5.74, 6) is 1.49. The molecule has 0 radical (unpaired) electrons. The third-order valence-corrected chi connectivity index (χ3v) is 2.94.